The summed E-state index contributed by atoms with van der Waals surface area (Å²) in [5, 5.41) is 2.18. The van der Waals surface area contributed by atoms with Gasteiger partial charge >= 0.3 is 5.97 Å². The number of esters is 1. The number of aliphatic imine (C=N–C) groups is 1. The van der Waals surface area contributed by atoms with E-state index in [2.05, 4.69) is 18.8 Å². The summed E-state index contributed by atoms with van der Waals surface area (Å²) in [5.74, 6) is 1.52. The molecule has 1 aliphatic rings. The van der Waals surface area contributed by atoms with Gasteiger partial charge < -0.3 is 14.2 Å². The highest BCUT2D eigenvalue weighted by molar-refractivity contribution is 6.13. The highest BCUT2D eigenvalue weighted by Gasteiger charge is 2.24. The molecule has 0 fully saturated rings. The van der Waals surface area contributed by atoms with Gasteiger partial charge in [0.1, 0.15) is 0 Å². The summed E-state index contributed by atoms with van der Waals surface area (Å²) in [5.41, 5.74) is 1.79. The number of rotatable bonds is 6. The highest BCUT2D eigenvalue weighted by Crippen LogP contribution is 2.30. The van der Waals surface area contributed by atoms with Gasteiger partial charge in [-0.05, 0) is 52.6 Å². The van der Waals surface area contributed by atoms with Crippen molar-refractivity contribution in [2.75, 3.05) is 13.7 Å². The number of cyclic esters (lactones) is 1. The van der Waals surface area contributed by atoms with Crippen molar-refractivity contribution in [3.05, 3.63) is 77.5 Å². The van der Waals surface area contributed by atoms with E-state index in [-0.39, 0.29) is 5.70 Å². The lowest BCUT2D eigenvalue weighted by Crippen LogP contribution is -2.05. The molecule has 3 aromatic rings. The lowest BCUT2D eigenvalue weighted by molar-refractivity contribution is -0.129. The molecule has 5 nitrogen and oxygen atoms in total. The second-order valence-corrected chi connectivity index (χ2v) is 7.51. The predicted octanol–water partition coefficient (Wildman–Crippen LogP) is 5.23. The summed E-state index contributed by atoms with van der Waals surface area (Å²) in [6.45, 7) is 4.77. The van der Waals surface area contributed by atoms with Crippen LogP contribution >= 0.6 is 0 Å². The summed E-state index contributed by atoms with van der Waals surface area (Å²) < 4.78 is 16.6. The third-order valence-electron chi connectivity index (χ3n) is 4.68. The number of benzene rings is 3. The molecule has 1 heterocycles. The molecule has 5 heteroatoms. The van der Waals surface area contributed by atoms with Crippen LogP contribution in [0.15, 0.2) is 71.4 Å². The van der Waals surface area contributed by atoms with Gasteiger partial charge in [-0.25, -0.2) is 9.79 Å². The van der Waals surface area contributed by atoms with Gasteiger partial charge in [0.05, 0.1) is 13.7 Å². The Morgan fingerprint density at radius 3 is 2.57 bits per heavy atom. The van der Waals surface area contributed by atoms with Gasteiger partial charge in [-0.2, -0.15) is 0 Å². The number of hydrogen-bond donors (Lipinski definition) is 0. The molecule has 0 aromatic heterocycles. The molecule has 0 amide bonds. The van der Waals surface area contributed by atoms with Gasteiger partial charge in [0, 0.05) is 5.56 Å². The Morgan fingerprint density at radius 2 is 1.80 bits per heavy atom. The maximum Gasteiger partial charge on any atom is 0.363 e. The summed E-state index contributed by atoms with van der Waals surface area (Å²) in [6, 6.07) is 19.4. The molecule has 0 radical (unpaired) electrons. The van der Waals surface area contributed by atoms with Gasteiger partial charge in [-0.3, -0.25) is 0 Å². The fourth-order valence-corrected chi connectivity index (χ4v) is 3.16. The van der Waals surface area contributed by atoms with E-state index >= 15 is 0 Å². The van der Waals surface area contributed by atoms with Crippen molar-refractivity contribution < 1.29 is 19.0 Å². The molecular weight excluding hydrogens is 378 g/mol. The smallest absolute Gasteiger partial charge is 0.363 e. The SMILES string of the molecule is COc1cc(/C=C2\N=C(c3ccc4ccccc4c3)OC2=O)ccc1OCC(C)C. The molecule has 0 aliphatic carbocycles. The first kappa shape index (κ1) is 19.7. The van der Waals surface area contributed by atoms with Crippen molar-refractivity contribution in [2.45, 2.75) is 13.8 Å². The zero-order chi connectivity index (χ0) is 21.1. The first-order valence-electron chi connectivity index (χ1n) is 9.86. The number of ether oxygens (including phenoxy) is 3. The van der Waals surface area contributed by atoms with Crippen LogP contribution in [0.4, 0.5) is 0 Å². The number of carbonyl (C=O) groups is 1. The van der Waals surface area contributed by atoms with Crippen LogP contribution in [0.3, 0.4) is 0 Å². The largest absolute Gasteiger partial charge is 0.493 e. The second-order valence-electron chi connectivity index (χ2n) is 7.51. The number of methoxy groups -OCH3 is 1. The van der Waals surface area contributed by atoms with Crippen molar-refractivity contribution in [3.8, 4) is 11.5 Å². The van der Waals surface area contributed by atoms with E-state index in [1.807, 2.05) is 60.7 Å². The molecule has 0 spiro atoms. The Labute approximate surface area is 175 Å². The second kappa shape index (κ2) is 8.41. The minimum absolute atomic E-state index is 0.246. The topological polar surface area (TPSA) is 57.1 Å². The first-order valence-corrected chi connectivity index (χ1v) is 9.86. The maximum atomic E-state index is 12.4. The van der Waals surface area contributed by atoms with Crippen LogP contribution in [-0.2, 0) is 9.53 Å². The molecule has 1 aliphatic heterocycles. The third-order valence-corrected chi connectivity index (χ3v) is 4.68. The number of fused-ring (bicyclic) bond motifs is 1. The zero-order valence-electron chi connectivity index (χ0n) is 17.2. The molecular formula is C25H23NO4. The van der Waals surface area contributed by atoms with E-state index in [1.165, 1.54) is 0 Å². The Balaban J connectivity index is 1.61. The Hall–Kier alpha value is -3.60. The van der Waals surface area contributed by atoms with Crippen molar-refractivity contribution in [1.82, 2.24) is 0 Å². The highest BCUT2D eigenvalue weighted by atomic mass is 16.6. The molecule has 30 heavy (non-hydrogen) atoms. The average Bonchev–Trinajstić information content (AvgIpc) is 3.12. The van der Waals surface area contributed by atoms with E-state index < -0.39 is 5.97 Å². The number of nitrogens with zero attached hydrogens (tertiary/aromatic N) is 1. The minimum Gasteiger partial charge on any atom is -0.493 e. The van der Waals surface area contributed by atoms with E-state index in [4.69, 9.17) is 14.2 Å². The molecule has 0 atom stereocenters. The molecule has 0 saturated heterocycles. The van der Waals surface area contributed by atoms with Crippen LogP contribution < -0.4 is 9.47 Å². The molecule has 4 rings (SSSR count). The maximum absolute atomic E-state index is 12.4. The monoisotopic (exact) mass is 401 g/mol. The van der Waals surface area contributed by atoms with E-state index in [1.54, 1.807) is 13.2 Å². The molecule has 0 unspecified atom stereocenters. The quantitative estimate of drug-likeness (QED) is 0.419. The minimum atomic E-state index is -0.475. The normalized spacial score (nSPS) is 14.9. The van der Waals surface area contributed by atoms with E-state index in [9.17, 15) is 4.79 Å². The first-order chi connectivity index (χ1) is 14.5. The fraction of sp³-hybridized carbons (Fsp3) is 0.200. The van der Waals surface area contributed by atoms with Gasteiger partial charge in [-0.15, -0.1) is 0 Å². The van der Waals surface area contributed by atoms with Crippen LogP contribution in [0.25, 0.3) is 16.8 Å². The summed E-state index contributed by atoms with van der Waals surface area (Å²) >= 11 is 0. The van der Waals surface area contributed by atoms with Crippen molar-refractivity contribution in [1.29, 1.82) is 0 Å². The predicted molar refractivity (Wildman–Crippen MR) is 118 cm³/mol. The summed E-state index contributed by atoms with van der Waals surface area (Å²) in [7, 11) is 1.59. The van der Waals surface area contributed by atoms with Gasteiger partial charge in [-0.1, -0.05) is 50.2 Å². The lowest BCUT2D eigenvalue weighted by Gasteiger charge is -2.12. The number of hydrogen-bond acceptors (Lipinski definition) is 5. The van der Waals surface area contributed by atoms with Gasteiger partial charge in [0.2, 0.25) is 5.90 Å². The van der Waals surface area contributed by atoms with Crippen molar-refractivity contribution in [3.63, 3.8) is 0 Å². The average molecular weight is 401 g/mol. The van der Waals surface area contributed by atoms with Gasteiger partial charge in [0.15, 0.2) is 17.2 Å². The molecule has 0 bridgehead atoms. The Bertz CT molecular complexity index is 1160. The molecule has 0 saturated carbocycles. The molecule has 0 N–H and O–H groups in total. The van der Waals surface area contributed by atoms with Crippen molar-refractivity contribution in [2.24, 2.45) is 10.9 Å². The zero-order valence-corrected chi connectivity index (χ0v) is 17.2. The van der Waals surface area contributed by atoms with Crippen molar-refractivity contribution >= 4 is 28.7 Å². The fourth-order valence-electron chi connectivity index (χ4n) is 3.16. The summed E-state index contributed by atoms with van der Waals surface area (Å²) in [4.78, 5) is 16.8. The van der Waals surface area contributed by atoms with Crippen LogP contribution in [-0.4, -0.2) is 25.6 Å². The van der Waals surface area contributed by atoms with Crippen LogP contribution in [0.5, 0.6) is 11.5 Å². The lowest BCUT2D eigenvalue weighted by atomic mass is 10.1. The molecule has 3 aromatic carbocycles. The molecule has 152 valence electrons. The summed E-state index contributed by atoms with van der Waals surface area (Å²) in [6.07, 6.45) is 1.69. The van der Waals surface area contributed by atoms with Crippen LogP contribution in [0, 0.1) is 5.92 Å². The van der Waals surface area contributed by atoms with Gasteiger partial charge in [0.25, 0.3) is 0 Å². The van der Waals surface area contributed by atoms with E-state index in [0.717, 1.165) is 21.9 Å². The number of carbonyl (C=O) groups excluding carboxylic acids is 1. The standard InChI is InChI=1S/C25H23NO4/c1-16(2)15-29-22-11-8-17(13-23(22)28-3)12-21-25(27)30-24(26-21)20-10-9-18-6-4-5-7-19(18)14-20/h4-14,16H,15H2,1-3H3/b21-12-. The van der Waals surface area contributed by atoms with Crippen LogP contribution in [0.2, 0.25) is 0 Å². The third kappa shape index (κ3) is 4.20. The Morgan fingerprint density at radius 1 is 1.00 bits per heavy atom. The van der Waals surface area contributed by atoms with E-state index in [0.29, 0.717) is 29.9 Å². The van der Waals surface area contributed by atoms with Crippen LogP contribution in [0.1, 0.15) is 25.0 Å². The Kier molecular flexibility index (Phi) is 5.53.